The number of methoxy groups -OCH3 is 2. The van der Waals surface area contributed by atoms with Gasteiger partial charge in [-0.15, -0.1) is 0 Å². The maximum absolute atomic E-state index is 12.1. The molecule has 1 rings (SSSR count). The van der Waals surface area contributed by atoms with Gasteiger partial charge in [0.25, 0.3) is 0 Å². The number of hydrogen-bond donors (Lipinski definition) is 2. The lowest BCUT2D eigenvalue weighted by Crippen LogP contribution is -2.43. The van der Waals surface area contributed by atoms with E-state index in [0.29, 0.717) is 5.75 Å². The Morgan fingerprint density at radius 1 is 1.40 bits per heavy atom. The van der Waals surface area contributed by atoms with Crippen molar-refractivity contribution in [2.75, 3.05) is 27.4 Å². The molecule has 0 radical (unpaired) electrons. The number of benzene rings is 1. The molecular formula is C12H18ClNO5S. The summed E-state index contributed by atoms with van der Waals surface area (Å²) in [6.45, 7) is 1.31. The fourth-order valence-electron chi connectivity index (χ4n) is 1.51. The van der Waals surface area contributed by atoms with Crippen LogP contribution >= 0.6 is 11.6 Å². The van der Waals surface area contributed by atoms with Crippen LogP contribution in [0.3, 0.4) is 0 Å². The van der Waals surface area contributed by atoms with Crippen molar-refractivity contribution >= 4 is 21.6 Å². The van der Waals surface area contributed by atoms with Gasteiger partial charge in [-0.3, -0.25) is 0 Å². The van der Waals surface area contributed by atoms with E-state index in [9.17, 15) is 13.5 Å². The molecule has 0 aliphatic carbocycles. The first-order chi connectivity index (χ1) is 9.22. The van der Waals surface area contributed by atoms with Crippen molar-refractivity contribution in [3.05, 3.63) is 23.2 Å². The highest BCUT2D eigenvalue weighted by atomic mass is 35.5. The molecule has 0 bridgehead atoms. The summed E-state index contributed by atoms with van der Waals surface area (Å²) < 4.78 is 36.2. The molecule has 0 aliphatic heterocycles. The first-order valence-corrected chi connectivity index (χ1v) is 7.62. The van der Waals surface area contributed by atoms with Crippen molar-refractivity contribution in [2.45, 2.75) is 17.4 Å². The summed E-state index contributed by atoms with van der Waals surface area (Å²) in [6, 6.07) is 4.12. The van der Waals surface area contributed by atoms with Crippen LogP contribution in [0.4, 0.5) is 0 Å². The van der Waals surface area contributed by atoms with E-state index < -0.39 is 15.6 Å². The Bertz CT molecular complexity index is 559. The monoisotopic (exact) mass is 323 g/mol. The van der Waals surface area contributed by atoms with E-state index in [1.807, 2.05) is 0 Å². The molecule has 8 heteroatoms. The molecular weight excluding hydrogens is 306 g/mol. The van der Waals surface area contributed by atoms with Crippen LogP contribution < -0.4 is 9.46 Å². The van der Waals surface area contributed by atoms with E-state index >= 15 is 0 Å². The molecule has 0 saturated heterocycles. The zero-order valence-electron chi connectivity index (χ0n) is 11.5. The first kappa shape index (κ1) is 17.2. The van der Waals surface area contributed by atoms with Crippen LogP contribution in [0.1, 0.15) is 6.92 Å². The van der Waals surface area contributed by atoms with Gasteiger partial charge < -0.3 is 14.6 Å². The summed E-state index contributed by atoms with van der Waals surface area (Å²) in [5.41, 5.74) is -1.29. The molecule has 0 saturated carbocycles. The highest BCUT2D eigenvalue weighted by Gasteiger charge is 2.24. The minimum absolute atomic E-state index is 0.00323. The quantitative estimate of drug-likeness (QED) is 0.782. The van der Waals surface area contributed by atoms with Gasteiger partial charge in [0.05, 0.1) is 29.2 Å². The van der Waals surface area contributed by atoms with Crippen LogP contribution in [0.5, 0.6) is 5.75 Å². The predicted octanol–water partition coefficient (Wildman–Crippen LogP) is 1.02. The molecule has 1 atom stereocenters. The fraction of sp³-hybridized carbons (Fsp3) is 0.500. The van der Waals surface area contributed by atoms with Crippen LogP contribution in [-0.4, -0.2) is 46.5 Å². The van der Waals surface area contributed by atoms with Gasteiger partial charge in [-0.2, -0.15) is 0 Å². The third-order valence-electron chi connectivity index (χ3n) is 2.53. The highest BCUT2D eigenvalue weighted by molar-refractivity contribution is 7.89. The topological polar surface area (TPSA) is 84.9 Å². The Morgan fingerprint density at radius 3 is 2.55 bits per heavy atom. The van der Waals surface area contributed by atoms with Crippen LogP contribution in [0.15, 0.2) is 23.1 Å². The summed E-state index contributed by atoms with van der Waals surface area (Å²) in [5.74, 6) is 0.386. The van der Waals surface area contributed by atoms with Gasteiger partial charge in [0.2, 0.25) is 10.0 Å². The minimum Gasteiger partial charge on any atom is -0.495 e. The van der Waals surface area contributed by atoms with Crippen LogP contribution in [0, 0.1) is 0 Å². The van der Waals surface area contributed by atoms with E-state index in [1.165, 1.54) is 39.3 Å². The molecule has 1 unspecified atom stereocenters. The third kappa shape index (κ3) is 4.60. The number of sulfonamides is 1. The van der Waals surface area contributed by atoms with Crippen LogP contribution in [0.25, 0.3) is 0 Å². The number of halogens is 1. The second-order valence-electron chi connectivity index (χ2n) is 4.55. The van der Waals surface area contributed by atoms with Crippen molar-refractivity contribution in [1.82, 2.24) is 4.72 Å². The third-order valence-corrected chi connectivity index (χ3v) is 4.23. The van der Waals surface area contributed by atoms with Crippen molar-refractivity contribution in [1.29, 1.82) is 0 Å². The van der Waals surface area contributed by atoms with Gasteiger partial charge in [-0.05, 0) is 25.1 Å². The Kier molecular flexibility index (Phi) is 5.79. The van der Waals surface area contributed by atoms with Gasteiger partial charge in [0.15, 0.2) is 0 Å². The predicted molar refractivity (Wildman–Crippen MR) is 75.7 cm³/mol. The van der Waals surface area contributed by atoms with Gasteiger partial charge >= 0.3 is 0 Å². The van der Waals surface area contributed by atoms with Crippen molar-refractivity contribution in [3.8, 4) is 5.75 Å². The van der Waals surface area contributed by atoms with E-state index in [1.54, 1.807) is 0 Å². The van der Waals surface area contributed by atoms with Crippen molar-refractivity contribution in [2.24, 2.45) is 0 Å². The molecule has 0 aromatic heterocycles. The fourth-order valence-corrected chi connectivity index (χ4v) is 3.02. The van der Waals surface area contributed by atoms with Crippen LogP contribution in [0.2, 0.25) is 5.02 Å². The molecule has 1 aromatic carbocycles. The number of aliphatic hydroxyl groups is 1. The second kappa shape index (κ2) is 6.73. The maximum Gasteiger partial charge on any atom is 0.240 e. The van der Waals surface area contributed by atoms with Gasteiger partial charge in [0, 0.05) is 13.7 Å². The smallest absolute Gasteiger partial charge is 0.240 e. The second-order valence-corrected chi connectivity index (χ2v) is 6.73. The Balaban J connectivity index is 2.87. The molecule has 114 valence electrons. The lowest BCUT2D eigenvalue weighted by atomic mass is 10.1. The summed E-state index contributed by atoms with van der Waals surface area (Å²) in [5, 5.41) is 10.1. The maximum atomic E-state index is 12.1. The molecule has 20 heavy (non-hydrogen) atoms. The number of nitrogens with one attached hydrogen (secondary N) is 1. The van der Waals surface area contributed by atoms with Gasteiger partial charge in [-0.25, -0.2) is 13.1 Å². The Hall–Kier alpha value is -0.860. The largest absolute Gasteiger partial charge is 0.495 e. The molecule has 0 spiro atoms. The number of ether oxygens (including phenoxy) is 2. The zero-order valence-corrected chi connectivity index (χ0v) is 13.1. The summed E-state index contributed by atoms with van der Waals surface area (Å²) in [7, 11) is -0.902. The zero-order chi connectivity index (χ0) is 15.4. The lowest BCUT2D eigenvalue weighted by molar-refractivity contribution is -0.0119. The first-order valence-electron chi connectivity index (χ1n) is 5.76. The van der Waals surface area contributed by atoms with Gasteiger partial charge in [0.1, 0.15) is 5.75 Å². The molecule has 0 heterocycles. The molecule has 0 aliphatic rings. The summed E-state index contributed by atoms with van der Waals surface area (Å²) in [4.78, 5) is -0.00323. The van der Waals surface area contributed by atoms with Gasteiger partial charge in [-0.1, -0.05) is 11.6 Å². The van der Waals surface area contributed by atoms with E-state index in [2.05, 4.69) is 4.72 Å². The Morgan fingerprint density at radius 2 is 2.05 bits per heavy atom. The number of hydrogen-bond acceptors (Lipinski definition) is 5. The van der Waals surface area contributed by atoms with Crippen LogP contribution in [-0.2, 0) is 14.8 Å². The molecule has 2 N–H and O–H groups in total. The van der Waals surface area contributed by atoms with Crippen molar-refractivity contribution in [3.63, 3.8) is 0 Å². The van der Waals surface area contributed by atoms with E-state index in [4.69, 9.17) is 21.1 Å². The van der Waals surface area contributed by atoms with E-state index in [0.717, 1.165) is 0 Å². The average Bonchev–Trinajstić information content (AvgIpc) is 2.36. The molecule has 6 nitrogen and oxygen atoms in total. The standard InChI is InChI=1S/C12H18ClNO5S/c1-12(15,8-18-2)7-14-20(16,17)9-4-5-11(19-3)10(13)6-9/h4-6,14-15H,7-8H2,1-3H3. The number of rotatable bonds is 7. The van der Waals surface area contributed by atoms with Crippen molar-refractivity contribution < 1.29 is 23.0 Å². The summed E-state index contributed by atoms with van der Waals surface area (Å²) >= 11 is 5.89. The SMILES string of the molecule is COCC(C)(O)CNS(=O)(=O)c1ccc(OC)c(Cl)c1. The summed E-state index contributed by atoms with van der Waals surface area (Å²) in [6.07, 6.45) is 0. The van der Waals surface area contributed by atoms with E-state index in [-0.39, 0.29) is 23.1 Å². The molecule has 0 amide bonds. The highest BCUT2D eigenvalue weighted by Crippen LogP contribution is 2.26. The molecule has 1 aromatic rings. The Labute approximate surface area is 123 Å². The lowest BCUT2D eigenvalue weighted by Gasteiger charge is -2.22. The average molecular weight is 324 g/mol. The molecule has 0 fully saturated rings. The normalized spacial score (nSPS) is 14.8. The minimum atomic E-state index is -3.76.